The number of rotatable bonds is 6. The minimum absolute atomic E-state index is 0.101. The molecule has 32 heavy (non-hydrogen) atoms. The number of β-lactam (4-membered cyclic amide) rings is 1. The molecular weight excluding hydrogens is 442 g/mol. The number of nitrogens with one attached hydrogen (secondary N) is 1. The second-order valence-electron chi connectivity index (χ2n) is 8.03. The lowest BCUT2D eigenvalue weighted by Gasteiger charge is -2.49. The summed E-state index contributed by atoms with van der Waals surface area (Å²) in [5, 5.41) is 12.6. The number of nitrogens with zero attached hydrogens (tertiary/aromatic N) is 2. The van der Waals surface area contributed by atoms with Crippen LogP contribution in [0, 0.1) is 10.1 Å². The van der Waals surface area contributed by atoms with Crippen LogP contribution in [0.15, 0.2) is 35.5 Å². The van der Waals surface area contributed by atoms with E-state index >= 15 is 0 Å². The fourth-order valence-electron chi connectivity index (χ4n) is 3.09. The van der Waals surface area contributed by atoms with Crippen molar-refractivity contribution in [3.8, 4) is 0 Å². The number of benzene rings is 1. The second kappa shape index (κ2) is 8.99. The van der Waals surface area contributed by atoms with E-state index in [0.717, 1.165) is 4.90 Å². The highest BCUT2D eigenvalue weighted by molar-refractivity contribution is 8.00. The van der Waals surface area contributed by atoms with Gasteiger partial charge in [0.15, 0.2) is 0 Å². The maximum Gasteiger partial charge on any atom is 0.408 e. The van der Waals surface area contributed by atoms with Crippen molar-refractivity contribution in [1.82, 2.24) is 10.2 Å². The summed E-state index contributed by atoms with van der Waals surface area (Å²) in [4.78, 5) is 60.2. The molecule has 0 spiro atoms. The molecule has 12 heteroatoms. The largest absolute Gasteiger partial charge is 0.456 e. The van der Waals surface area contributed by atoms with Crippen LogP contribution in [0.3, 0.4) is 0 Å². The third-order valence-electron chi connectivity index (χ3n) is 4.52. The molecule has 11 nitrogen and oxygen atoms in total. The fourth-order valence-corrected chi connectivity index (χ4v) is 4.38. The number of carbonyl (C=O) groups excluding carboxylic acids is 4. The number of fused-ring (bicyclic) bond motifs is 1. The maximum absolute atomic E-state index is 12.7. The molecule has 0 aromatic heterocycles. The Morgan fingerprint density at radius 2 is 1.97 bits per heavy atom. The number of carbonyl (C=O) groups is 4. The molecule has 3 rings (SSSR count). The van der Waals surface area contributed by atoms with Crippen molar-refractivity contribution >= 4 is 41.7 Å². The highest BCUT2D eigenvalue weighted by Crippen LogP contribution is 2.40. The molecule has 1 unspecified atom stereocenters. The van der Waals surface area contributed by atoms with Crippen molar-refractivity contribution in [2.24, 2.45) is 0 Å². The number of non-ortho nitro benzene ring substituents is 1. The average Bonchev–Trinajstić information content (AvgIpc) is 2.73. The monoisotopic (exact) mass is 463 g/mol. The Kier molecular flexibility index (Phi) is 6.53. The van der Waals surface area contributed by atoms with Gasteiger partial charge in [0.05, 0.1) is 4.92 Å². The normalized spacial score (nSPS) is 20.1. The molecule has 1 aromatic carbocycles. The van der Waals surface area contributed by atoms with E-state index in [4.69, 9.17) is 9.47 Å². The summed E-state index contributed by atoms with van der Waals surface area (Å²) in [5.74, 6) is -1.28. The Morgan fingerprint density at radius 3 is 2.53 bits per heavy atom. The average molecular weight is 463 g/mol. The summed E-state index contributed by atoms with van der Waals surface area (Å²) in [7, 11) is 0. The lowest BCUT2D eigenvalue weighted by molar-refractivity contribution is -0.384. The number of hydrogen-bond donors (Lipinski definition) is 1. The van der Waals surface area contributed by atoms with Crippen LogP contribution in [0.1, 0.15) is 26.3 Å². The Labute approximate surface area is 187 Å². The molecule has 0 aliphatic carbocycles. The molecule has 1 aromatic rings. The Morgan fingerprint density at radius 1 is 1.31 bits per heavy atom. The van der Waals surface area contributed by atoms with Gasteiger partial charge in [-0.3, -0.25) is 24.6 Å². The van der Waals surface area contributed by atoms with Gasteiger partial charge in [0, 0.05) is 23.5 Å². The minimum Gasteiger partial charge on any atom is -0.456 e. The quantitative estimate of drug-likeness (QED) is 0.220. The van der Waals surface area contributed by atoms with Crippen molar-refractivity contribution in [3.05, 3.63) is 51.2 Å². The van der Waals surface area contributed by atoms with Gasteiger partial charge in [-0.25, -0.2) is 9.59 Å². The van der Waals surface area contributed by atoms with Gasteiger partial charge in [0.25, 0.3) is 11.6 Å². The van der Waals surface area contributed by atoms with Crippen LogP contribution < -0.4 is 5.32 Å². The molecule has 2 amide bonds. The molecule has 1 saturated heterocycles. The molecule has 0 bridgehead atoms. The molecule has 0 radical (unpaired) electrons. The lowest BCUT2D eigenvalue weighted by Crippen LogP contribution is -2.70. The number of thioether (sulfide) groups is 1. The zero-order valence-corrected chi connectivity index (χ0v) is 18.3. The van der Waals surface area contributed by atoms with Gasteiger partial charge >= 0.3 is 12.1 Å². The van der Waals surface area contributed by atoms with E-state index in [9.17, 15) is 29.3 Å². The first kappa shape index (κ1) is 23.3. The highest BCUT2D eigenvalue weighted by Gasteiger charge is 2.54. The molecule has 170 valence electrons. The summed E-state index contributed by atoms with van der Waals surface area (Å²) in [6.07, 6.45) is -0.267. The van der Waals surface area contributed by atoms with E-state index in [1.54, 1.807) is 20.8 Å². The molecule has 1 fully saturated rings. The molecule has 1 N–H and O–H groups in total. The summed E-state index contributed by atoms with van der Waals surface area (Å²) >= 11 is 1.23. The first-order valence-electron chi connectivity index (χ1n) is 9.55. The topological polar surface area (TPSA) is 145 Å². The molecule has 2 atom stereocenters. The van der Waals surface area contributed by atoms with E-state index in [0.29, 0.717) is 11.8 Å². The summed E-state index contributed by atoms with van der Waals surface area (Å²) < 4.78 is 10.4. The summed E-state index contributed by atoms with van der Waals surface area (Å²) in [6, 6.07) is 4.53. The molecule has 0 saturated carbocycles. The van der Waals surface area contributed by atoms with Crippen molar-refractivity contribution in [3.63, 3.8) is 0 Å². The van der Waals surface area contributed by atoms with E-state index in [1.807, 2.05) is 0 Å². The number of nitro benzene ring substituents is 1. The van der Waals surface area contributed by atoms with Gasteiger partial charge in [0.2, 0.25) is 0 Å². The van der Waals surface area contributed by atoms with Crippen LogP contribution in [-0.4, -0.2) is 56.8 Å². The molecule has 2 heterocycles. The number of nitro groups is 1. The van der Waals surface area contributed by atoms with Crippen molar-refractivity contribution in [2.45, 2.75) is 44.4 Å². The number of alkyl carbamates (subject to hydrolysis) is 1. The smallest absolute Gasteiger partial charge is 0.408 e. The minimum atomic E-state index is -0.902. The summed E-state index contributed by atoms with van der Waals surface area (Å²) in [6.45, 7) is 4.87. The predicted molar refractivity (Wildman–Crippen MR) is 112 cm³/mol. The molecule has 2 aliphatic heterocycles. The maximum atomic E-state index is 12.7. The summed E-state index contributed by atoms with van der Waals surface area (Å²) in [5.41, 5.74) is -0.415. The number of hydrogen-bond acceptors (Lipinski definition) is 9. The van der Waals surface area contributed by atoms with Crippen LogP contribution in [0.25, 0.3) is 0 Å². The Balaban J connectivity index is 1.68. The lowest BCUT2D eigenvalue weighted by atomic mass is 10.0. The van der Waals surface area contributed by atoms with E-state index in [-0.39, 0.29) is 29.3 Å². The van der Waals surface area contributed by atoms with Crippen molar-refractivity contribution in [1.29, 1.82) is 0 Å². The standard InChI is InChI=1S/C20H21N3O8S/c1-20(2,3)31-19(27)21-14-16(25)22-15(12(8-24)10-32-17(14)22)18(26)30-9-11-4-6-13(7-5-11)23(28)29/h4-8,14,17H,9-10H2,1-3H3,(H,21,27)/t14?,17-/m0/s1. The predicted octanol–water partition coefficient (Wildman–Crippen LogP) is 1.90. The first-order valence-corrected chi connectivity index (χ1v) is 10.6. The Bertz CT molecular complexity index is 999. The highest BCUT2D eigenvalue weighted by atomic mass is 32.2. The zero-order chi connectivity index (χ0) is 23.6. The van der Waals surface area contributed by atoms with Crippen LogP contribution in [0.4, 0.5) is 10.5 Å². The van der Waals surface area contributed by atoms with Crippen molar-refractivity contribution in [2.75, 3.05) is 5.75 Å². The second-order valence-corrected chi connectivity index (χ2v) is 9.13. The van der Waals surface area contributed by atoms with Crippen molar-refractivity contribution < 1.29 is 33.6 Å². The Hall–Kier alpha value is -3.41. The third-order valence-corrected chi connectivity index (χ3v) is 5.82. The first-order chi connectivity index (χ1) is 15.0. The van der Waals surface area contributed by atoms with E-state index in [2.05, 4.69) is 5.32 Å². The molecule has 2 aliphatic rings. The third kappa shape index (κ3) is 4.90. The van der Waals surface area contributed by atoms with Crippen LogP contribution in [-0.2, 0) is 30.5 Å². The van der Waals surface area contributed by atoms with E-state index < -0.39 is 39.9 Å². The van der Waals surface area contributed by atoms with Crippen LogP contribution in [0.5, 0.6) is 0 Å². The molecular formula is C20H21N3O8S. The SMILES string of the molecule is CC(C)(C)OC(=O)NC1C(=O)N2C(C(=O)OCc3ccc([N+](=O)[O-])cc3)=C(C=O)CS[C@@H]12. The zero-order valence-electron chi connectivity index (χ0n) is 17.5. The number of ether oxygens (including phenoxy) is 2. The number of amides is 2. The van der Waals surface area contributed by atoms with Gasteiger partial charge in [-0.05, 0) is 38.5 Å². The van der Waals surface area contributed by atoms with Crippen LogP contribution in [0.2, 0.25) is 0 Å². The van der Waals surface area contributed by atoms with E-state index in [1.165, 1.54) is 36.0 Å². The van der Waals surface area contributed by atoms with Gasteiger partial charge in [-0.1, -0.05) is 0 Å². The van der Waals surface area contributed by atoms with Gasteiger partial charge in [-0.15, -0.1) is 11.8 Å². The van der Waals surface area contributed by atoms with Crippen LogP contribution >= 0.6 is 11.8 Å². The van der Waals surface area contributed by atoms with Gasteiger partial charge in [0.1, 0.15) is 35.6 Å². The number of esters is 1. The van der Waals surface area contributed by atoms with Gasteiger partial charge < -0.3 is 14.8 Å². The fraction of sp³-hybridized carbons (Fsp3) is 0.400. The van der Waals surface area contributed by atoms with Gasteiger partial charge in [-0.2, -0.15) is 0 Å². The number of aldehydes is 1.